The van der Waals surface area contributed by atoms with Gasteiger partial charge in [-0.1, -0.05) is 0 Å². The molecule has 0 unspecified atom stereocenters. The van der Waals surface area contributed by atoms with Crippen molar-refractivity contribution < 1.29 is 4.79 Å². The van der Waals surface area contributed by atoms with E-state index in [1.165, 1.54) is 12.5 Å². The minimum Gasteiger partial charge on any atom is -0.285 e. The second-order valence-electron chi connectivity index (χ2n) is 2.91. The molecule has 0 aliphatic rings. The Morgan fingerprint density at radius 1 is 1.43 bits per heavy atom. The summed E-state index contributed by atoms with van der Waals surface area (Å²) in [6, 6.07) is 1.76. The van der Waals surface area contributed by atoms with Crippen LogP contribution < -0.4 is 0 Å². The monoisotopic (exact) mass is 188 g/mol. The van der Waals surface area contributed by atoms with Crippen molar-refractivity contribution in [2.75, 3.05) is 0 Å². The molecule has 0 fully saturated rings. The van der Waals surface area contributed by atoms with Crippen LogP contribution in [0.3, 0.4) is 0 Å². The van der Waals surface area contributed by atoms with Crippen molar-refractivity contribution in [2.24, 2.45) is 0 Å². The lowest BCUT2D eigenvalue weighted by Crippen LogP contribution is -2.04. The molecular weight excluding hydrogens is 180 g/mol. The van der Waals surface area contributed by atoms with Gasteiger partial charge in [0.15, 0.2) is 5.82 Å². The third-order valence-electron chi connectivity index (χ3n) is 1.77. The van der Waals surface area contributed by atoms with Crippen LogP contribution in [0.4, 0.5) is 0 Å². The molecular formula is C9H8N4O. The van der Waals surface area contributed by atoms with E-state index in [1.807, 2.05) is 6.92 Å². The number of rotatable bonds is 2. The number of nitrogens with one attached hydrogen (secondary N) is 1. The van der Waals surface area contributed by atoms with Gasteiger partial charge in [-0.15, -0.1) is 0 Å². The van der Waals surface area contributed by atoms with Gasteiger partial charge < -0.3 is 0 Å². The molecule has 0 saturated carbocycles. The Labute approximate surface area is 80.2 Å². The first-order valence-electron chi connectivity index (χ1n) is 4.09. The summed E-state index contributed by atoms with van der Waals surface area (Å²) >= 11 is 0. The molecule has 14 heavy (non-hydrogen) atoms. The second kappa shape index (κ2) is 3.37. The van der Waals surface area contributed by atoms with Gasteiger partial charge in [-0.25, -0.2) is 4.98 Å². The average molecular weight is 188 g/mol. The molecule has 2 aromatic rings. The summed E-state index contributed by atoms with van der Waals surface area (Å²) in [7, 11) is 0. The summed E-state index contributed by atoms with van der Waals surface area (Å²) in [6.07, 6.45) is 4.51. The number of carbonyl (C=O) groups excluding carboxylic acids is 1. The average Bonchev–Trinajstić information content (AvgIpc) is 2.69. The van der Waals surface area contributed by atoms with Crippen molar-refractivity contribution in [2.45, 2.75) is 6.92 Å². The molecule has 0 saturated heterocycles. The number of ketones is 1. The van der Waals surface area contributed by atoms with Crippen molar-refractivity contribution in [1.82, 2.24) is 20.2 Å². The third kappa shape index (κ3) is 1.52. The van der Waals surface area contributed by atoms with Crippen LogP contribution in [0.5, 0.6) is 0 Å². The quantitative estimate of drug-likeness (QED) is 0.705. The predicted molar refractivity (Wildman–Crippen MR) is 48.8 cm³/mol. The van der Waals surface area contributed by atoms with Gasteiger partial charge in [0.2, 0.25) is 5.78 Å². The van der Waals surface area contributed by atoms with Gasteiger partial charge in [-0.3, -0.25) is 14.9 Å². The van der Waals surface area contributed by atoms with Gasteiger partial charge in [0.05, 0.1) is 0 Å². The fraction of sp³-hybridized carbons (Fsp3) is 0.111. The zero-order valence-corrected chi connectivity index (χ0v) is 7.56. The SMILES string of the molecule is Cc1cncc(C(=O)c2ncn[nH]2)c1. The highest BCUT2D eigenvalue weighted by molar-refractivity contribution is 6.06. The topological polar surface area (TPSA) is 71.5 Å². The second-order valence-corrected chi connectivity index (χ2v) is 2.91. The number of H-pyrrole nitrogens is 1. The summed E-state index contributed by atoms with van der Waals surface area (Å²) in [5.41, 5.74) is 1.46. The third-order valence-corrected chi connectivity index (χ3v) is 1.77. The van der Waals surface area contributed by atoms with Crippen molar-refractivity contribution in [1.29, 1.82) is 0 Å². The number of hydrogen-bond donors (Lipinski definition) is 1. The summed E-state index contributed by atoms with van der Waals surface area (Å²) in [5.74, 6) is 0.0381. The Kier molecular flexibility index (Phi) is 2.06. The lowest BCUT2D eigenvalue weighted by atomic mass is 10.1. The Hall–Kier alpha value is -2.04. The summed E-state index contributed by atoms with van der Waals surface area (Å²) in [6.45, 7) is 1.88. The van der Waals surface area contributed by atoms with Crippen LogP contribution >= 0.6 is 0 Å². The van der Waals surface area contributed by atoms with E-state index < -0.39 is 0 Å². The number of nitrogens with zero attached hydrogens (tertiary/aromatic N) is 3. The zero-order valence-electron chi connectivity index (χ0n) is 7.56. The van der Waals surface area contributed by atoms with Gasteiger partial charge in [0.25, 0.3) is 0 Å². The number of hydrogen-bond acceptors (Lipinski definition) is 4. The Bertz CT molecular complexity index is 450. The normalized spacial score (nSPS) is 10.1. The molecule has 0 spiro atoms. The van der Waals surface area contributed by atoms with E-state index in [4.69, 9.17) is 0 Å². The number of pyridine rings is 1. The van der Waals surface area contributed by atoms with Gasteiger partial charge in [-0.2, -0.15) is 5.10 Å². The predicted octanol–water partition coefficient (Wildman–Crippen LogP) is 0.739. The first kappa shape index (κ1) is 8.55. The molecule has 0 aliphatic heterocycles. The van der Waals surface area contributed by atoms with Crippen LogP contribution in [-0.4, -0.2) is 25.9 Å². The fourth-order valence-corrected chi connectivity index (χ4v) is 1.13. The van der Waals surface area contributed by atoms with Crippen LogP contribution in [0.15, 0.2) is 24.8 Å². The van der Waals surface area contributed by atoms with E-state index in [0.717, 1.165) is 5.56 Å². The number of aromatic amines is 1. The van der Waals surface area contributed by atoms with Crippen LogP contribution in [0.25, 0.3) is 0 Å². The maximum atomic E-state index is 11.7. The number of carbonyl (C=O) groups is 1. The summed E-state index contributed by atoms with van der Waals surface area (Å²) in [4.78, 5) is 19.4. The zero-order chi connectivity index (χ0) is 9.97. The molecule has 0 aromatic carbocycles. The number of aromatic nitrogens is 4. The maximum Gasteiger partial charge on any atom is 0.231 e. The first-order valence-corrected chi connectivity index (χ1v) is 4.09. The summed E-state index contributed by atoms with van der Waals surface area (Å²) in [5, 5.41) is 6.13. The minimum atomic E-state index is -0.196. The highest BCUT2D eigenvalue weighted by Gasteiger charge is 2.11. The Balaban J connectivity index is 2.37. The molecule has 0 radical (unpaired) electrons. The van der Waals surface area contributed by atoms with Crippen molar-refractivity contribution in [3.05, 3.63) is 41.7 Å². The molecule has 5 nitrogen and oxygen atoms in total. The lowest BCUT2D eigenvalue weighted by molar-refractivity contribution is 0.102. The molecule has 0 atom stereocenters. The van der Waals surface area contributed by atoms with Crippen LogP contribution in [-0.2, 0) is 0 Å². The van der Waals surface area contributed by atoms with Gasteiger partial charge in [0.1, 0.15) is 6.33 Å². The van der Waals surface area contributed by atoms with Crippen molar-refractivity contribution in [3.8, 4) is 0 Å². The van der Waals surface area contributed by atoms with E-state index >= 15 is 0 Å². The molecule has 2 heterocycles. The van der Waals surface area contributed by atoms with Gasteiger partial charge >= 0.3 is 0 Å². The molecule has 2 rings (SSSR count). The van der Waals surface area contributed by atoms with Crippen LogP contribution in [0.1, 0.15) is 21.7 Å². The summed E-state index contributed by atoms with van der Waals surface area (Å²) < 4.78 is 0. The molecule has 0 amide bonds. The van der Waals surface area contributed by atoms with Gasteiger partial charge in [-0.05, 0) is 18.6 Å². The standard InChI is InChI=1S/C9H8N4O/c1-6-2-7(4-10-3-6)8(14)9-11-5-12-13-9/h2-5H,1H3,(H,11,12,13). The fourth-order valence-electron chi connectivity index (χ4n) is 1.13. The highest BCUT2D eigenvalue weighted by Crippen LogP contribution is 2.05. The van der Waals surface area contributed by atoms with E-state index in [0.29, 0.717) is 5.56 Å². The minimum absolute atomic E-state index is 0.196. The highest BCUT2D eigenvalue weighted by atomic mass is 16.1. The Morgan fingerprint density at radius 3 is 2.93 bits per heavy atom. The van der Waals surface area contributed by atoms with E-state index in [9.17, 15) is 4.79 Å². The molecule has 0 aliphatic carbocycles. The number of aryl methyl sites for hydroxylation is 1. The van der Waals surface area contributed by atoms with Crippen molar-refractivity contribution in [3.63, 3.8) is 0 Å². The smallest absolute Gasteiger partial charge is 0.231 e. The Morgan fingerprint density at radius 2 is 2.29 bits per heavy atom. The van der Waals surface area contributed by atoms with Crippen molar-refractivity contribution >= 4 is 5.78 Å². The van der Waals surface area contributed by atoms with Crippen LogP contribution in [0, 0.1) is 6.92 Å². The first-order chi connectivity index (χ1) is 6.77. The van der Waals surface area contributed by atoms with E-state index in [1.54, 1.807) is 12.3 Å². The van der Waals surface area contributed by atoms with Gasteiger partial charge in [0, 0.05) is 18.0 Å². The largest absolute Gasteiger partial charge is 0.285 e. The van der Waals surface area contributed by atoms with E-state index in [-0.39, 0.29) is 11.6 Å². The molecule has 70 valence electrons. The molecule has 2 aromatic heterocycles. The lowest BCUT2D eigenvalue weighted by Gasteiger charge is -1.97. The van der Waals surface area contributed by atoms with Crippen LogP contribution in [0.2, 0.25) is 0 Å². The molecule has 0 bridgehead atoms. The van der Waals surface area contributed by atoms with E-state index in [2.05, 4.69) is 20.2 Å². The maximum absolute atomic E-state index is 11.7. The molecule has 1 N–H and O–H groups in total. The molecule has 5 heteroatoms.